The van der Waals surface area contributed by atoms with Gasteiger partial charge in [-0.3, -0.25) is 9.59 Å². The van der Waals surface area contributed by atoms with Crippen LogP contribution in [0.1, 0.15) is 297 Å². The number of nitrogens with zero attached hydrogens (tertiary/aromatic N) is 2. The Morgan fingerprint density at radius 1 is 0.306 bits per heavy atom. The number of rotatable bonds is 50. The molecule has 0 saturated heterocycles. The molecule has 6 nitrogen and oxygen atoms in total. The van der Waals surface area contributed by atoms with E-state index in [0.29, 0.717) is 12.8 Å². The van der Waals surface area contributed by atoms with Crippen LogP contribution in [0.5, 0.6) is 0 Å². The lowest BCUT2D eigenvalue weighted by Gasteiger charge is -2.17. The molecule has 0 aromatic heterocycles. The van der Waals surface area contributed by atoms with Gasteiger partial charge in [0.05, 0.1) is 0 Å². The van der Waals surface area contributed by atoms with Crippen molar-refractivity contribution in [2.24, 2.45) is 0 Å². The number of amides is 2. The van der Waals surface area contributed by atoms with Crippen LogP contribution < -0.4 is 10.6 Å². The lowest BCUT2D eigenvalue weighted by molar-refractivity contribution is -0.122. The second kappa shape index (κ2) is 56.0. The zero-order valence-corrected chi connectivity index (χ0v) is 43.7. The molecule has 372 valence electrons. The van der Waals surface area contributed by atoms with E-state index >= 15 is 0 Å². The predicted molar refractivity (Wildman–Crippen MR) is 278 cm³/mol. The second-order valence-corrected chi connectivity index (χ2v) is 19.5. The van der Waals surface area contributed by atoms with Crippen molar-refractivity contribution in [2.75, 3.05) is 53.4 Å². The molecule has 0 atom stereocenters. The van der Waals surface area contributed by atoms with E-state index in [0.717, 1.165) is 65.0 Å². The molecule has 0 unspecified atom stereocenters. The summed E-state index contributed by atoms with van der Waals surface area (Å²) in [5, 5.41) is 6.11. The lowest BCUT2D eigenvalue weighted by atomic mass is 10.0. The van der Waals surface area contributed by atoms with Gasteiger partial charge in [0.2, 0.25) is 11.8 Å². The number of nitrogens with one attached hydrogen (secondary N) is 2. The van der Waals surface area contributed by atoms with Crippen LogP contribution >= 0.6 is 0 Å². The maximum atomic E-state index is 11.9. The first-order valence-corrected chi connectivity index (χ1v) is 28.3. The third kappa shape index (κ3) is 56.9. The zero-order chi connectivity index (χ0) is 45.7. The van der Waals surface area contributed by atoms with Crippen molar-refractivity contribution in [3.63, 3.8) is 0 Å². The average molecular weight is 878 g/mol. The van der Waals surface area contributed by atoms with Crippen molar-refractivity contribution in [1.82, 2.24) is 20.4 Å². The summed E-state index contributed by atoms with van der Waals surface area (Å²) in [6.07, 6.45) is 56.5. The van der Waals surface area contributed by atoms with E-state index in [1.54, 1.807) is 0 Å². The molecule has 0 heterocycles. The Morgan fingerprint density at radius 3 is 0.758 bits per heavy atom. The Kier molecular flexibility index (Phi) is 56.8. The number of carbonyl (C=O) groups excluding carboxylic acids is 2. The van der Waals surface area contributed by atoms with Crippen LogP contribution in [0.3, 0.4) is 0 Å². The molecule has 2 amide bonds. The summed E-state index contributed by atoms with van der Waals surface area (Å²) in [5.41, 5.74) is 0. The van der Waals surface area contributed by atoms with Gasteiger partial charge >= 0.3 is 0 Å². The summed E-state index contributed by atoms with van der Waals surface area (Å²) in [7, 11) is 4.14. The molecule has 62 heavy (non-hydrogen) atoms. The summed E-state index contributed by atoms with van der Waals surface area (Å²) < 4.78 is 0. The summed E-state index contributed by atoms with van der Waals surface area (Å²) in [6, 6.07) is 0. The van der Waals surface area contributed by atoms with Crippen molar-refractivity contribution in [1.29, 1.82) is 0 Å². The van der Waals surface area contributed by atoms with Crippen molar-refractivity contribution in [3.8, 4) is 0 Å². The van der Waals surface area contributed by atoms with Crippen molar-refractivity contribution < 1.29 is 9.59 Å². The van der Waals surface area contributed by atoms with Gasteiger partial charge in [-0.1, -0.05) is 259 Å². The Hall–Kier alpha value is -1.14. The normalized spacial score (nSPS) is 11.4. The fourth-order valence-electron chi connectivity index (χ4n) is 8.60. The molecule has 0 spiro atoms. The van der Waals surface area contributed by atoms with Gasteiger partial charge in [0.15, 0.2) is 0 Å². The Morgan fingerprint density at radius 2 is 0.532 bits per heavy atom. The van der Waals surface area contributed by atoms with Gasteiger partial charge in [-0.2, -0.15) is 0 Å². The van der Waals surface area contributed by atoms with Crippen molar-refractivity contribution in [2.45, 2.75) is 297 Å². The fraction of sp³-hybridized carbons (Fsp3) is 0.964. The minimum atomic E-state index is 0.237. The molecule has 6 heteroatoms. The topological polar surface area (TPSA) is 64.7 Å². The SMILES string of the molecule is CCCCCCCCCCCCCCCCCCCCCC(=O)NCCCN(C)C.CCCCCCCCCCCCCCCCCCCCCC(=O)NCCCN(CC)CC. The first-order valence-electron chi connectivity index (χ1n) is 28.3. The highest BCUT2D eigenvalue weighted by molar-refractivity contribution is 5.76. The van der Waals surface area contributed by atoms with E-state index in [2.05, 4.69) is 62.2 Å². The highest BCUT2D eigenvalue weighted by Crippen LogP contribution is 2.17. The lowest BCUT2D eigenvalue weighted by Crippen LogP contribution is -2.29. The number of carbonyl (C=O) groups is 2. The van der Waals surface area contributed by atoms with Crippen LogP contribution in [0.2, 0.25) is 0 Å². The zero-order valence-electron chi connectivity index (χ0n) is 43.7. The van der Waals surface area contributed by atoms with Crippen LogP contribution in [0.15, 0.2) is 0 Å². The first-order chi connectivity index (χ1) is 30.4. The maximum absolute atomic E-state index is 11.9. The van der Waals surface area contributed by atoms with Gasteiger partial charge in [-0.05, 0) is 66.0 Å². The number of unbranched alkanes of at least 4 members (excludes halogenated alkanes) is 36. The van der Waals surface area contributed by atoms with Gasteiger partial charge < -0.3 is 20.4 Å². The molecule has 0 aliphatic rings. The summed E-state index contributed by atoms with van der Waals surface area (Å²) in [5.74, 6) is 0.484. The smallest absolute Gasteiger partial charge is 0.219 e. The largest absolute Gasteiger partial charge is 0.356 e. The molecule has 0 rings (SSSR count). The molecule has 0 aliphatic heterocycles. The molecule has 0 aromatic rings. The third-order valence-electron chi connectivity index (χ3n) is 13.0. The summed E-state index contributed by atoms with van der Waals surface area (Å²) in [4.78, 5) is 28.2. The molecule has 0 aliphatic carbocycles. The van der Waals surface area contributed by atoms with Gasteiger partial charge in [-0.25, -0.2) is 0 Å². The van der Waals surface area contributed by atoms with Gasteiger partial charge in [-0.15, -0.1) is 0 Å². The number of hydrogen-bond acceptors (Lipinski definition) is 4. The second-order valence-electron chi connectivity index (χ2n) is 19.5. The van der Waals surface area contributed by atoms with Crippen LogP contribution in [0.25, 0.3) is 0 Å². The van der Waals surface area contributed by atoms with E-state index in [9.17, 15) is 9.59 Å². The first kappa shape index (κ1) is 62.9. The highest BCUT2D eigenvalue weighted by Gasteiger charge is 2.04. The summed E-state index contributed by atoms with van der Waals surface area (Å²) in [6.45, 7) is 15.0. The van der Waals surface area contributed by atoms with Crippen LogP contribution in [0.4, 0.5) is 0 Å². The average Bonchev–Trinajstić information content (AvgIpc) is 3.27. The molecule has 0 aromatic carbocycles. The van der Waals surface area contributed by atoms with Gasteiger partial charge in [0, 0.05) is 25.9 Å². The monoisotopic (exact) mass is 877 g/mol. The van der Waals surface area contributed by atoms with Crippen LogP contribution in [-0.4, -0.2) is 75.0 Å². The molecule has 0 fully saturated rings. The minimum absolute atomic E-state index is 0.237. The highest BCUT2D eigenvalue weighted by atomic mass is 16.2. The third-order valence-corrected chi connectivity index (χ3v) is 13.0. The molecule has 0 bridgehead atoms. The quantitative estimate of drug-likeness (QED) is 0.0598. The predicted octanol–water partition coefficient (Wildman–Crippen LogP) is 16.5. The van der Waals surface area contributed by atoms with Crippen LogP contribution in [0, 0.1) is 0 Å². The Balaban J connectivity index is 0. The fourth-order valence-corrected chi connectivity index (χ4v) is 8.60. The maximum Gasteiger partial charge on any atom is 0.219 e. The van der Waals surface area contributed by atoms with E-state index in [1.807, 2.05) is 0 Å². The molecule has 2 N–H and O–H groups in total. The minimum Gasteiger partial charge on any atom is -0.356 e. The van der Waals surface area contributed by atoms with Gasteiger partial charge in [0.1, 0.15) is 0 Å². The molecule has 0 saturated carbocycles. The molecular formula is C56H116N4O2. The van der Waals surface area contributed by atoms with Crippen LogP contribution in [-0.2, 0) is 9.59 Å². The van der Waals surface area contributed by atoms with E-state index in [-0.39, 0.29) is 11.8 Å². The Labute approximate surface area is 391 Å². The molecule has 0 radical (unpaired) electrons. The van der Waals surface area contributed by atoms with E-state index < -0.39 is 0 Å². The van der Waals surface area contributed by atoms with Crippen molar-refractivity contribution in [3.05, 3.63) is 0 Å². The summed E-state index contributed by atoms with van der Waals surface area (Å²) >= 11 is 0. The Bertz CT molecular complexity index is 848. The number of hydrogen-bond donors (Lipinski definition) is 2. The standard InChI is InChI=1S/C29H60N2O.C27H56N2O/c1-4-7-8-9-10-11-12-13-14-15-16-17-18-19-20-21-22-23-24-26-29(32)30-27-25-28-31(5-2)6-3;1-4-5-6-7-8-9-10-11-12-13-14-15-16-17-18-19-20-21-22-24-27(30)28-25-23-26-29(2)3/h4-28H2,1-3H3,(H,30,32);4-26H2,1-3H3,(H,28,30). The van der Waals surface area contributed by atoms with E-state index in [1.165, 1.54) is 231 Å². The van der Waals surface area contributed by atoms with Crippen molar-refractivity contribution >= 4 is 11.8 Å². The molecular weight excluding hydrogens is 761 g/mol. The van der Waals surface area contributed by atoms with Gasteiger partial charge in [0.25, 0.3) is 0 Å². The van der Waals surface area contributed by atoms with E-state index in [4.69, 9.17) is 0 Å².